The molecule has 1 heterocycles. The number of carboxylic acid groups (broad SMARTS) is 1. The minimum absolute atomic E-state index is 0.00862. The molecule has 1 aliphatic heterocycles. The normalized spacial score (nSPS) is 20.7. The van der Waals surface area contributed by atoms with E-state index in [4.69, 9.17) is 14.6 Å². The zero-order chi connectivity index (χ0) is 16.7. The Morgan fingerprint density at radius 1 is 1.35 bits per heavy atom. The van der Waals surface area contributed by atoms with E-state index >= 15 is 0 Å². The lowest BCUT2D eigenvalue weighted by molar-refractivity contribution is -0.137. The van der Waals surface area contributed by atoms with Gasteiger partial charge in [-0.05, 0) is 50.5 Å². The van der Waals surface area contributed by atoms with Crippen molar-refractivity contribution in [3.63, 3.8) is 0 Å². The van der Waals surface area contributed by atoms with E-state index in [1.165, 1.54) is 0 Å². The Morgan fingerprint density at radius 2 is 2.09 bits per heavy atom. The highest BCUT2D eigenvalue weighted by molar-refractivity contribution is 5.92. The molecule has 1 fully saturated rings. The fourth-order valence-corrected chi connectivity index (χ4v) is 2.53. The number of ether oxygens (including phenoxy) is 2. The Morgan fingerprint density at radius 3 is 2.74 bits per heavy atom. The number of carbonyl (C=O) groups is 2. The molecule has 1 saturated heterocycles. The van der Waals surface area contributed by atoms with Gasteiger partial charge in [0.25, 0.3) is 0 Å². The number of benzene rings is 1. The van der Waals surface area contributed by atoms with Crippen LogP contribution in [-0.2, 0) is 14.3 Å². The Labute approximate surface area is 135 Å². The molecule has 2 atom stereocenters. The third-order valence-electron chi connectivity index (χ3n) is 3.78. The molecule has 2 rings (SSSR count). The second-order valence-corrected chi connectivity index (χ2v) is 5.76. The molecule has 2 unspecified atom stereocenters. The highest BCUT2D eigenvalue weighted by Crippen LogP contribution is 2.22. The van der Waals surface area contributed by atoms with Crippen molar-refractivity contribution in [1.82, 2.24) is 0 Å². The topological polar surface area (TPSA) is 84.9 Å². The number of hydrogen-bond acceptors (Lipinski definition) is 4. The Kier molecular flexibility index (Phi) is 6.40. The first-order valence-electron chi connectivity index (χ1n) is 7.91. The van der Waals surface area contributed by atoms with E-state index in [2.05, 4.69) is 5.32 Å². The molecular formula is C17H23NO5. The summed E-state index contributed by atoms with van der Waals surface area (Å²) < 4.78 is 10.9. The summed E-state index contributed by atoms with van der Waals surface area (Å²) in [5.41, 5.74) is 0.729. The molecule has 0 bridgehead atoms. The summed E-state index contributed by atoms with van der Waals surface area (Å²) in [4.78, 5) is 22.6. The van der Waals surface area contributed by atoms with Crippen molar-refractivity contribution in [2.75, 3.05) is 18.5 Å². The lowest BCUT2D eigenvalue weighted by Crippen LogP contribution is -2.32. The first-order chi connectivity index (χ1) is 11.0. The van der Waals surface area contributed by atoms with E-state index in [9.17, 15) is 9.59 Å². The summed E-state index contributed by atoms with van der Waals surface area (Å²) in [7, 11) is 0. The lowest BCUT2D eigenvalue weighted by atomic mass is 9.95. The maximum Gasteiger partial charge on any atom is 0.303 e. The molecule has 0 aliphatic carbocycles. The molecule has 0 radical (unpaired) electrons. The first-order valence-corrected chi connectivity index (χ1v) is 7.91. The molecule has 23 heavy (non-hydrogen) atoms. The van der Waals surface area contributed by atoms with Crippen LogP contribution < -0.4 is 10.1 Å². The van der Waals surface area contributed by atoms with Gasteiger partial charge in [0.1, 0.15) is 5.75 Å². The predicted molar refractivity (Wildman–Crippen MR) is 85.6 cm³/mol. The fourth-order valence-electron chi connectivity index (χ4n) is 2.53. The summed E-state index contributed by atoms with van der Waals surface area (Å²) in [6, 6.07) is 7.10. The average Bonchev–Trinajstić information content (AvgIpc) is 2.53. The number of carbonyl (C=O) groups excluding carboxylic acids is 1. The van der Waals surface area contributed by atoms with Gasteiger partial charge < -0.3 is 19.9 Å². The number of rotatable bonds is 7. The molecule has 126 valence electrons. The lowest BCUT2D eigenvalue weighted by Gasteiger charge is -2.26. The van der Waals surface area contributed by atoms with Crippen molar-refractivity contribution >= 4 is 17.6 Å². The molecule has 1 aromatic rings. The number of nitrogens with one attached hydrogen (secondary N) is 1. The van der Waals surface area contributed by atoms with Crippen molar-refractivity contribution < 1.29 is 24.2 Å². The van der Waals surface area contributed by atoms with Crippen LogP contribution in [0.4, 0.5) is 5.69 Å². The summed E-state index contributed by atoms with van der Waals surface area (Å²) in [6.07, 6.45) is 2.19. The molecule has 0 aromatic heterocycles. The Hall–Kier alpha value is -2.08. The predicted octanol–water partition coefficient (Wildman–Crippen LogP) is 2.68. The van der Waals surface area contributed by atoms with Gasteiger partial charge >= 0.3 is 5.97 Å². The van der Waals surface area contributed by atoms with Crippen LogP contribution in [0.15, 0.2) is 24.3 Å². The van der Waals surface area contributed by atoms with Gasteiger partial charge in [0.15, 0.2) is 0 Å². The Balaban J connectivity index is 1.77. The molecule has 6 heteroatoms. The molecule has 1 aliphatic rings. The van der Waals surface area contributed by atoms with Crippen LogP contribution in [-0.4, -0.2) is 36.3 Å². The van der Waals surface area contributed by atoms with Gasteiger partial charge in [-0.15, -0.1) is 0 Å². The molecule has 0 saturated carbocycles. The monoisotopic (exact) mass is 321 g/mol. The van der Waals surface area contributed by atoms with Crippen molar-refractivity contribution in [3.05, 3.63) is 24.3 Å². The number of hydrogen-bond donors (Lipinski definition) is 2. The average molecular weight is 321 g/mol. The molecule has 2 N–H and O–H groups in total. The Bertz CT molecular complexity index is 528. The second-order valence-electron chi connectivity index (χ2n) is 5.76. The highest BCUT2D eigenvalue weighted by Gasteiger charge is 2.25. The first kappa shape index (κ1) is 17.3. The van der Waals surface area contributed by atoms with Crippen molar-refractivity contribution in [3.8, 4) is 5.75 Å². The SMILES string of the molecule is CC1CC(C(=O)Nc2ccc(OCCCC(=O)O)cc2)CCO1. The summed E-state index contributed by atoms with van der Waals surface area (Å²) >= 11 is 0. The number of anilines is 1. The standard InChI is InChI=1S/C17H23NO5/c1-12-11-13(8-10-22-12)17(21)18-14-4-6-15(7-5-14)23-9-2-3-16(19)20/h4-7,12-13H,2-3,8-11H2,1H3,(H,18,21)(H,19,20). The van der Waals surface area contributed by atoms with Crippen LogP contribution in [0.2, 0.25) is 0 Å². The molecular weight excluding hydrogens is 298 g/mol. The summed E-state index contributed by atoms with van der Waals surface area (Å²) in [5.74, 6) is -0.150. The van der Waals surface area contributed by atoms with Crippen LogP contribution in [0, 0.1) is 5.92 Å². The van der Waals surface area contributed by atoms with Crippen molar-refractivity contribution in [2.45, 2.75) is 38.7 Å². The van der Waals surface area contributed by atoms with Crippen molar-refractivity contribution in [1.29, 1.82) is 0 Å². The van der Waals surface area contributed by atoms with Crippen LogP contribution >= 0.6 is 0 Å². The molecule has 0 spiro atoms. The van der Waals surface area contributed by atoms with Gasteiger partial charge in [-0.2, -0.15) is 0 Å². The number of carboxylic acids is 1. The van der Waals surface area contributed by atoms with E-state index in [1.807, 2.05) is 6.92 Å². The van der Waals surface area contributed by atoms with Gasteiger partial charge in [-0.1, -0.05) is 0 Å². The van der Waals surface area contributed by atoms with Gasteiger partial charge in [-0.25, -0.2) is 0 Å². The van der Waals surface area contributed by atoms with Crippen LogP contribution in [0.25, 0.3) is 0 Å². The maximum absolute atomic E-state index is 12.2. The minimum atomic E-state index is -0.825. The van der Waals surface area contributed by atoms with Crippen LogP contribution in [0.5, 0.6) is 5.75 Å². The van der Waals surface area contributed by atoms with Gasteiger partial charge in [0, 0.05) is 24.6 Å². The van der Waals surface area contributed by atoms with E-state index in [0.29, 0.717) is 25.4 Å². The van der Waals surface area contributed by atoms with Gasteiger partial charge in [0.05, 0.1) is 12.7 Å². The third kappa shape index (κ3) is 5.90. The summed E-state index contributed by atoms with van der Waals surface area (Å²) in [6.45, 7) is 2.97. The number of aliphatic carboxylic acids is 1. The summed E-state index contributed by atoms with van der Waals surface area (Å²) in [5, 5.41) is 11.5. The van der Waals surface area contributed by atoms with E-state index in [-0.39, 0.29) is 24.3 Å². The minimum Gasteiger partial charge on any atom is -0.494 e. The van der Waals surface area contributed by atoms with Gasteiger partial charge in [0.2, 0.25) is 5.91 Å². The fraction of sp³-hybridized carbons (Fsp3) is 0.529. The van der Waals surface area contributed by atoms with Crippen LogP contribution in [0.3, 0.4) is 0 Å². The second kappa shape index (κ2) is 8.53. The molecule has 1 amide bonds. The molecule has 6 nitrogen and oxygen atoms in total. The highest BCUT2D eigenvalue weighted by atomic mass is 16.5. The number of amides is 1. The maximum atomic E-state index is 12.2. The molecule has 1 aromatic carbocycles. The van der Waals surface area contributed by atoms with E-state index in [0.717, 1.165) is 18.5 Å². The quantitative estimate of drug-likeness (QED) is 0.754. The largest absolute Gasteiger partial charge is 0.494 e. The zero-order valence-electron chi connectivity index (χ0n) is 13.3. The van der Waals surface area contributed by atoms with Crippen molar-refractivity contribution in [2.24, 2.45) is 5.92 Å². The van der Waals surface area contributed by atoms with E-state index < -0.39 is 5.97 Å². The van der Waals surface area contributed by atoms with E-state index in [1.54, 1.807) is 24.3 Å². The third-order valence-corrected chi connectivity index (χ3v) is 3.78. The van der Waals surface area contributed by atoms with Crippen LogP contribution in [0.1, 0.15) is 32.6 Å². The zero-order valence-corrected chi connectivity index (χ0v) is 13.3. The smallest absolute Gasteiger partial charge is 0.303 e. The van der Waals surface area contributed by atoms with Gasteiger partial charge in [-0.3, -0.25) is 9.59 Å².